The Balaban J connectivity index is 0.000000153. The molecule has 0 atom stereocenters. The van der Waals surface area contributed by atoms with E-state index in [0.717, 1.165) is 10.9 Å². The maximum Gasteiger partial charge on any atom is 0.211 e. The third-order valence-corrected chi connectivity index (χ3v) is 2.25. The fraction of sp³-hybridized carbons (Fsp3) is 0. The van der Waals surface area contributed by atoms with Gasteiger partial charge in [-0.1, -0.05) is 54.6 Å². The molecule has 0 spiro atoms. The molecule has 0 saturated heterocycles. The molecule has 3 rings (SSSR count). The number of aromatic hydroxyl groups is 1. The van der Waals surface area contributed by atoms with Gasteiger partial charge in [-0.05, 0) is 12.1 Å². The topological polar surface area (TPSA) is 33.1 Å². The Morgan fingerprint density at radius 2 is 1.24 bits per heavy atom. The van der Waals surface area contributed by atoms with Gasteiger partial charge in [0.1, 0.15) is 0 Å². The lowest BCUT2D eigenvalue weighted by atomic mass is 10.2. The third kappa shape index (κ3) is 3.31. The molecule has 2 aromatic carbocycles. The van der Waals surface area contributed by atoms with E-state index in [2.05, 4.69) is 4.98 Å². The maximum atomic E-state index is 9.02. The van der Waals surface area contributed by atoms with Crippen LogP contribution >= 0.6 is 0 Å². The number of pyridine rings is 1. The van der Waals surface area contributed by atoms with E-state index >= 15 is 0 Å². The van der Waals surface area contributed by atoms with Crippen LogP contribution in [0, 0.1) is 0 Å². The number of aromatic nitrogens is 1. The van der Waals surface area contributed by atoms with Gasteiger partial charge in [0.25, 0.3) is 0 Å². The van der Waals surface area contributed by atoms with Crippen molar-refractivity contribution in [3.63, 3.8) is 0 Å². The van der Waals surface area contributed by atoms with E-state index in [1.165, 1.54) is 0 Å². The third-order valence-electron chi connectivity index (χ3n) is 2.25. The highest BCUT2D eigenvalue weighted by Gasteiger charge is 1.92. The van der Waals surface area contributed by atoms with Crippen LogP contribution < -0.4 is 0 Å². The summed E-state index contributed by atoms with van der Waals surface area (Å²) in [6.07, 6.45) is 0. The molecule has 0 unspecified atom stereocenters. The minimum Gasteiger partial charge on any atom is -0.493 e. The fourth-order valence-electron chi connectivity index (χ4n) is 1.44. The van der Waals surface area contributed by atoms with Crippen molar-refractivity contribution in [3.8, 4) is 5.88 Å². The van der Waals surface area contributed by atoms with Crippen LogP contribution in [0.3, 0.4) is 0 Å². The van der Waals surface area contributed by atoms with E-state index in [1.807, 2.05) is 66.7 Å². The molecule has 2 nitrogen and oxygen atoms in total. The standard InChI is InChI=1S/C9H7NO.C6H6/c11-9-6-5-7-3-1-2-4-8(7)10-9;1-2-4-6-5-3-1/h1-6H,(H,10,11);1-6H. The molecule has 0 amide bonds. The highest BCUT2D eigenvalue weighted by molar-refractivity contribution is 5.78. The predicted molar refractivity (Wildman–Crippen MR) is 69.8 cm³/mol. The van der Waals surface area contributed by atoms with E-state index in [4.69, 9.17) is 5.11 Å². The molecule has 0 radical (unpaired) electrons. The molecule has 0 aliphatic rings. The highest BCUT2D eigenvalue weighted by atomic mass is 16.3. The zero-order chi connectivity index (χ0) is 11.9. The van der Waals surface area contributed by atoms with Crippen molar-refractivity contribution >= 4 is 10.9 Å². The highest BCUT2D eigenvalue weighted by Crippen LogP contribution is 2.14. The quantitative estimate of drug-likeness (QED) is 0.631. The molecule has 1 aromatic heterocycles. The lowest BCUT2D eigenvalue weighted by Gasteiger charge is -1.95. The summed E-state index contributed by atoms with van der Waals surface area (Å²) in [7, 11) is 0. The van der Waals surface area contributed by atoms with Gasteiger partial charge in [-0.2, -0.15) is 0 Å². The Bertz CT molecular complexity index is 552. The first-order valence-corrected chi connectivity index (χ1v) is 5.41. The maximum absolute atomic E-state index is 9.02. The van der Waals surface area contributed by atoms with Crippen LogP contribution in [-0.2, 0) is 0 Å². The van der Waals surface area contributed by atoms with Crippen molar-refractivity contribution in [2.24, 2.45) is 0 Å². The van der Waals surface area contributed by atoms with E-state index in [1.54, 1.807) is 6.07 Å². The molecule has 0 saturated carbocycles. The molecule has 2 heteroatoms. The Morgan fingerprint density at radius 1 is 0.647 bits per heavy atom. The van der Waals surface area contributed by atoms with Crippen LogP contribution in [0.5, 0.6) is 5.88 Å². The van der Waals surface area contributed by atoms with Crippen molar-refractivity contribution in [1.82, 2.24) is 4.98 Å². The van der Waals surface area contributed by atoms with Gasteiger partial charge in [-0.25, -0.2) is 4.98 Å². The molecule has 0 aliphatic carbocycles. The monoisotopic (exact) mass is 223 g/mol. The Kier molecular flexibility index (Phi) is 3.71. The van der Waals surface area contributed by atoms with Crippen molar-refractivity contribution < 1.29 is 5.11 Å². The molecule has 1 heterocycles. The fourth-order valence-corrected chi connectivity index (χ4v) is 1.44. The molecule has 0 aliphatic heterocycles. The summed E-state index contributed by atoms with van der Waals surface area (Å²) in [6, 6.07) is 23.1. The summed E-state index contributed by atoms with van der Waals surface area (Å²) in [6.45, 7) is 0. The molecule has 3 aromatic rings. The number of fused-ring (bicyclic) bond motifs is 1. The molecule has 0 bridgehead atoms. The lowest BCUT2D eigenvalue weighted by molar-refractivity contribution is 0.456. The smallest absolute Gasteiger partial charge is 0.211 e. The normalized spacial score (nSPS) is 9.41. The summed E-state index contributed by atoms with van der Waals surface area (Å²) in [5.74, 6) is 0.0729. The van der Waals surface area contributed by atoms with Crippen LogP contribution in [0.25, 0.3) is 10.9 Å². The number of benzene rings is 2. The first kappa shape index (κ1) is 11.1. The second kappa shape index (κ2) is 5.66. The summed E-state index contributed by atoms with van der Waals surface area (Å²) < 4.78 is 0. The molecular formula is C15H13NO. The van der Waals surface area contributed by atoms with Crippen molar-refractivity contribution in [3.05, 3.63) is 72.8 Å². The number of rotatable bonds is 0. The SMILES string of the molecule is Oc1ccc2ccccc2n1.c1ccccc1. The van der Waals surface area contributed by atoms with Crippen molar-refractivity contribution in [2.45, 2.75) is 0 Å². The van der Waals surface area contributed by atoms with Crippen molar-refractivity contribution in [2.75, 3.05) is 0 Å². The van der Waals surface area contributed by atoms with Crippen LogP contribution in [0.4, 0.5) is 0 Å². The Hall–Kier alpha value is -2.35. The summed E-state index contributed by atoms with van der Waals surface area (Å²) >= 11 is 0. The molecule has 84 valence electrons. The zero-order valence-electron chi connectivity index (χ0n) is 9.32. The Labute approximate surface area is 100 Å². The van der Waals surface area contributed by atoms with Gasteiger partial charge in [0.15, 0.2) is 0 Å². The van der Waals surface area contributed by atoms with E-state index in [0.29, 0.717) is 0 Å². The molecular weight excluding hydrogens is 210 g/mol. The zero-order valence-corrected chi connectivity index (χ0v) is 9.32. The molecule has 1 N–H and O–H groups in total. The number of hydrogen-bond acceptors (Lipinski definition) is 2. The van der Waals surface area contributed by atoms with Gasteiger partial charge in [0, 0.05) is 11.5 Å². The van der Waals surface area contributed by atoms with Gasteiger partial charge in [-0.15, -0.1) is 0 Å². The number of hydrogen-bond donors (Lipinski definition) is 1. The van der Waals surface area contributed by atoms with Crippen molar-refractivity contribution in [1.29, 1.82) is 0 Å². The van der Waals surface area contributed by atoms with E-state index in [9.17, 15) is 0 Å². The summed E-state index contributed by atoms with van der Waals surface area (Å²) in [4.78, 5) is 3.93. The van der Waals surface area contributed by atoms with Gasteiger partial charge in [0.2, 0.25) is 5.88 Å². The second-order valence-electron chi connectivity index (χ2n) is 3.52. The van der Waals surface area contributed by atoms with Gasteiger partial charge in [-0.3, -0.25) is 0 Å². The largest absolute Gasteiger partial charge is 0.493 e. The number of para-hydroxylation sites is 1. The average molecular weight is 223 g/mol. The second-order valence-corrected chi connectivity index (χ2v) is 3.52. The number of nitrogens with zero attached hydrogens (tertiary/aromatic N) is 1. The van der Waals surface area contributed by atoms with Gasteiger partial charge < -0.3 is 5.11 Å². The van der Waals surface area contributed by atoms with Crippen LogP contribution in [0.2, 0.25) is 0 Å². The van der Waals surface area contributed by atoms with E-state index < -0.39 is 0 Å². The lowest BCUT2D eigenvalue weighted by Crippen LogP contribution is -1.76. The van der Waals surface area contributed by atoms with Gasteiger partial charge >= 0.3 is 0 Å². The van der Waals surface area contributed by atoms with Crippen LogP contribution in [-0.4, -0.2) is 10.1 Å². The molecule has 0 fully saturated rings. The van der Waals surface area contributed by atoms with E-state index in [-0.39, 0.29) is 5.88 Å². The first-order valence-electron chi connectivity index (χ1n) is 5.41. The average Bonchev–Trinajstić information content (AvgIpc) is 2.41. The minimum atomic E-state index is 0.0729. The van der Waals surface area contributed by atoms with Crippen LogP contribution in [0.15, 0.2) is 72.8 Å². The molecule has 17 heavy (non-hydrogen) atoms. The Morgan fingerprint density at radius 3 is 1.88 bits per heavy atom. The summed E-state index contributed by atoms with van der Waals surface area (Å²) in [5.41, 5.74) is 0.826. The summed E-state index contributed by atoms with van der Waals surface area (Å²) in [5, 5.41) is 10.1. The van der Waals surface area contributed by atoms with Gasteiger partial charge in [0.05, 0.1) is 5.52 Å². The van der Waals surface area contributed by atoms with Crippen LogP contribution in [0.1, 0.15) is 0 Å². The minimum absolute atomic E-state index is 0.0729. The predicted octanol–water partition coefficient (Wildman–Crippen LogP) is 3.63. The first-order chi connectivity index (χ1) is 8.36.